The molecule has 1 aromatic heterocycles. The highest BCUT2D eigenvalue weighted by Crippen LogP contribution is 2.24. The van der Waals surface area contributed by atoms with Gasteiger partial charge in [0.1, 0.15) is 10.7 Å². The van der Waals surface area contributed by atoms with Crippen molar-refractivity contribution in [3.8, 4) is 0 Å². The van der Waals surface area contributed by atoms with Crippen molar-refractivity contribution in [1.29, 1.82) is 0 Å². The van der Waals surface area contributed by atoms with Gasteiger partial charge < -0.3 is 9.64 Å². The number of ether oxygens (including phenoxy) is 1. The van der Waals surface area contributed by atoms with Crippen molar-refractivity contribution in [2.45, 2.75) is 24.3 Å². The first kappa shape index (κ1) is 15.2. The second-order valence-electron chi connectivity index (χ2n) is 5.05. The van der Waals surface area contributed by atoms with Gasteiger partial charge in [0.25, 0.3) is 0 Å². The number of hydrogen-bond donors (Lipinski definition) is 1. The number of pyridine rings is 1. The van der Waals surface area contributed by atoms with E-state index in [9.17, 15) is 8.42 Å². The standard InChI is InChI=1S/C13H21N3O3S/c1-10-6-7-16(9-12(10)19-3)13-5-4-11(8-15-13)20(17,18)14-2/h4-5,8,10,12,14H,6-7,9H2,1-3H3. The zero-order chi connectivity index (χ0) is 14.8. The van der Waals surface area contributed by atoms with Crippen molar-refractivity contribution in [1.82, 2.24) is 9.71 Å². The summed E-state index contributed by atoms with van der Waals surface area (Å²) in [5, 5.41) is 0. The molecule has 0 aliphatic carbocycles. The second kappa shape index (κ2) is 6.07. The fraction of sp³-hybridized carbons (Fsp3) is 0.615. The van der Waals surface area contributed by atoms with Crippen LogP contribution in [0.4, 0.5) is 5.82 Å². The van der Waals surface area contributed by atoms with E-state index in [1.54, 1.807) is 19.2 Å². The first-order chi connectivity index (χ1) is 9.47. The zero-order valence-corrected chi connectivity index (χ0v) is 12.9. The summed E-state index contributed by atoms with van der Waals surface area (Å²) in [7, 11) is -0.315. The molecule has 2 heterocycles. The first-order valence-electron chi connectivity index (χ1n) is 6.65. The molecular weight excluding hydrogens is 278 g/mol. The summed E-state index contributed by atoms with van der Waals surface area (Å²) in [5.74, 6) is 1.31. The summed E-state index contributed by atoms with van der Waals surface area (Å²) in [5.41, 5.74) is 0. The Bertz CT molecular complexity index is 544. The van der Waals surface area contributed by atoms with Crippen molar-refractivity contribution in [3.63, 3.8) is 0 Å². The summed E-state index contributed by atoms with van der Waals surface area (Å²) in [6, 6.07) is 3.32. The van der Waals surface area contributed by atoms with Gasteiger partial charge in [0, 0.05) is 26.4 Å². The Kier molecular flexibility index (Phi) is 4.62. The molecule has 0 aromatic carbocycles. The Morgan fingerprint density at radius 2 is 2.20 bits per heavy atom. The maximum Gasteiger partial charge on any atom is 0.241 e. The van der Waals surface area contributed by atoms with Crippen molar-refractivity contribution < 1.29 is 13.2 Å². The van der Waals surface area contributed by atoms with Gasteiger partial charge in [0.05, 0.1) is 6.10 Å². The lowest BCUT2D eigenvalue weighted by Gasteiger charge is -2.36. The van der Waals surface area contributed by atoms with Crippen LogP contribution in [-0.2, 0) is 14.8 Å². The predicted octanol–water partition coefficient (Wildman–Crippen LogP) is 0.851. The highest BCUT2D eigenvalue weighted by molar-refractivity contribution is 7.89. The lowest BCUT2D eigenvalue weighted by atomic mass is 9.96. The maximum absolute atomic E-state index is 11.6. The zero-order valence-electron chi connectivity index (χ0n) is 12.0. The summed E-state index contributed by atoms with van der Waals surface area (Å²) in [6.45, 7) is 3.87. The molecule has 2 rings (SSSR count). The number of rotatable bonds is 4. The van der Waals surface area contributed by atoms with Crippen LogP contribution in [0.25, 0.3) is 0 Å². The van der Waals surface area contributed by atoms with E-state index in [4.69, 9.17) is 4.74 Å². The number of aromatic nitrogens is 1. The van der Waals surface area contributed by atoms with Crippen molar-refractivity contribution in [2.24, 2.45) is 5.92 Å². The predicted molar refractivity (Wildman–Crippen MR) is 77.3 cm³/mol. The van der Waals surface area contributed by atoms with Gasteiger partial charge in [-0.1, -0.05) is 6.92 Å². The third-order valence-corrected chi connectivity index (χ3v) is 5.22. The molecule has 1 N–H and O–H groups in total. The molecule has 2 unspecified atom stereocenters. The maximum atomic E-state index is 11.6. The molecular formula is C13H21N3O3S. The molecule has 0 bridgehead atoms. The third kappa shape index (κ3) is 3.11. The van der Waals surface area contributed by atoms with Gasteiger partial charge in [-0.05, 0) is 31.5 Å². The van der Waals surface area contributed by atoms with E-state index in [1.807, 2.05) is 0 Å². The Labute approximate surface area is 120 Å². The van der Waals surface area contributed by atoms with Crippen LogP contribution in [0.5, 0.6) is 0 Å². The minimum absolute atomic E-state index is 0.178. The van der Waals surface area contributed by atoms with Gasteiger partial charge in [-0.15, -0.1) is 0 Å². The Morgan fingerprint density at radius 1 is 1.45 bits per heavy atom. The number of anilines is 1. The average molecular weight is 299 g/mol. The molecule has 0 amide bonds. The first-order valence-corrected chi connectivity index (χ1v) is 8.13. The van der Waals surface area contributed by atoms with E-state index in [1.165, 1.54) is 13.2 Å². The van der Waals surface area contributed by atoms with Crippen LogP contribution in [0.2, 0.25) is 0 Å². The number of nitrogens with one attached hydrogen (secondary N) is 1. The Balaban J connectivity index is 2.15. The van der Waals surface area contributed by atoms with Gasteiger partial charge in [-0.2, -0.15) is 0 Å². The van der Waals surface area contributed by atoms with Crippen LogP contribution in [0, 0.1) is 5.92 Å². The van der Waals surface area contributed by atoms with Crippen molar-refractivity contribution >= 4 is 15.8 Å². The molecule has 7 heteroatoms. The summed E-state index contributed by atoms with van der Waals surface area (Å²) >= 11 is 0. The topological polar surface area (TPSA) is 71.5 Å². The van der Waals surface area contributed by atoms with Gasteiger partial charge in [-0.25, -0.2) is 18.1 Å². The van der Waals surface area contributed by atoms with Crippen LogP contribution in [0.15, 0.2) is 23.2 Å². The summed E-state index contributed by atoms with van der Waals surface area (Å²) < 4.78 is 31.0. The highest BCUT2D eigenvalue weighted by Gasteiger charge is 2.26. The number of piperidine rings is 1. The molecule has 0 saturated carbocycles. The molecule has 0 spiro atoms. The van der Waals surface area contributed by atoms with Gasteiger partial charge >= 0.3 is 0 Å². The molecule has 1 saturated heterocycles. The highest BCUT2D eigenvalue weighted by atomic mass is 32.2. The normalized spacial score (nSPS) is 23.9. The Hall–Kier alpha value is -1.18. The second-order valence-corrected chi connectivity index (χ2v) is 6.93. The molecule has 1 aliphatic rings. The minimum Gasteiger partial charge on any atom is -0.379 e. The van der Waals surface area contributed by atoms with E-state index in [0.717, 1.165) is 25.3 Å². The molecule has 1 aromatic rings. The largest absolute Gasteiger partial charge is 0.379 e. The molecule has 112 valence electrons. The van der Waals surface area contributed by atoms with Gasteiger partial charge in [-0.3, -0.25) is 0 Å². The van der Waals surface area contributed by atoms with E-state index >= 15 is 0 Å². The van der Waals surface area contributed by atoms with E-state index in [2.05, 4.69) is 21.5 Å². The number of nitrogens with zero attached hydrogens (tertiary/aromatic N) is 2. The fourth-order valence-electron chi connectivity index (χ4n) is 2.39. The van der Waals surface area contributed by atoms with Crippen LogP contribution >= 0.6 is 0 Å². The average Bonchev–Trinajstić information content (AvgIpc) is 2.48. The molecule has 1 fully saturated rings. The number of methoxy groups -OCH3 is 1. The lowest BCUT2D eigenvalue weighted by molar-refractivity contribution is 0.0496. The smallest absolute Gasteiger partial charge is 0.241 e. The fourth-order valence-corrected chi connectivity index (χ4v) is 3.06. The van der Waals surface area contributed by atoms with Gasteiger partial charge in [0.2, 0.25) is 10.0 Å². The Morgan fingerprint density at radius 3 is 2.75 bits per heavy atom. The van der Waals surface area contributed by atoms with E-state index in [-0.39, 0.29) is 11.0 Å². The molecule has 0 radical (unpaired) electrons. The lowest BCUT2D eigenvalue weighted by Crippen LogP contribution is -2.44. The van der Waals surface area contributed by atoms with E-state index < -0.39 is 10.0 Å². The third-order valence-electron chi connectivity index (χ3n) is 3.82. The summed E-state index contributed by atoms with van der Waals surface area (Å²) in [4.78, 5) is 6.57. The van der Waals surface area contributed by atoms with Crippen LogP contribution in [0.3, 0.4) is 0 Å². The van der Waals surface area contributed by atoms with Crippen molar-refractivity contribution in [3.05, 3.63) is 18.3 Å². The van der Waals surface area contributed by atoms with Crippen LogP contribution in [0.1, 0.15) is 13.3 Å². The van der Waals surface area contributed by atoms with Crippen molar-refractivity contribution in [2.75, 3.05) is 32.1 Å². The molecule has 2 atom stereocenters. The number of hydrogen-bond acceptors (Lipinski definition) is 5. The SMILES string of the molecule is CNS(=O)(=O)c1ccc(N2CCC(C)C(OC)C2)nc1. The molecule has 1 aliphatic heterocycles. The minimum atomic E-state index is -3.43. The van der Waals surface area contributed by atoms with E-state index in [0.29, 0.717) is 5.92 Å². The molecule has 20 heavy (non-hydrogen) atoms. The quantitative estimate of drug-likeness (QED) is 0.892. The van der Waals surface area contributed by atoms with Crippen LogP contribution in [-0.4, -0.2) is 46.8 Å². The molecule has 6 nitrogen and oxygen atoms in total. The van der Waals surface area contributed by atoms with Crippen LogP contribution < -0.4 is 9.62 Å². The monoisotopic (exact) mass is 299 g/mol. The van der Waals surface area contributed by atoms with Gasteiger partial charge in [0.15, 0.2) is 0 Å². The number of sulfonamides is 1. The summed E-state index contributed by atoms with van der Waals surface area (Å²) in [6.07, 6.45) is 2.61.